The molecule has 0 aromatic heterocycles. The predicted octanol–water partition coefficient (Wildman–Crippen LogP) is 3.00. The molecule has 0 atom stereocenters. The van der Waals surface area contributed by atoms with E-state index >= 15 is 0 Å². The molecule has 0 aliphatic heterocycles. The molecule has 0 bridgehead atoms. The lowest BCUT2D eigenvalue weighted by atomic mass is 10.2. The molecule has 1 N–H and O–H groups in total. The van der Waals surface area contributed by atoms with E-state index in [0.717, 1.165) is 24.2 Å². The molecule has 3 nitrogen and oxygen atoms in total. The van der Waals surface area contributed by atoms with Gasteiger partial charge >= 0.3 is 0 Å². The Morgan fingerprint density at radius 2 is 2.27 bits per heavy atom. The van der Waals surface area contributed by atoms with Crippen molar-refractivity contribution < 1.29 is 9.94 Å². The summed E-state index contributed by atoms with van der Waals surface area (Å²) in [4.78, 5) is 0. The van der Waals surface area contributed by atoms with Crippen molar-refractivity contribution in [3.63, 3.8) is 0 Å². The third-order valence-corrected chi connectivity index (χ3v) is 2.07. The largest absolute Gasteiger partial charge is 0.488 e. The van der Waals surface area contributed by atoms with E-state index in [1.54, 1.807) is 0 Å². The van der Waals surface area contributed by atoms with Gasteiger partial charge in [-0.2, -0.15) is 0 Å². The number of hydrogen-bond acceptors (Lipinski definition) is 3. The van der Waals surface area contributed by atoms with Crippen LogP contribution in [0.15, 0.2) is 29.4 Å². The van der Waals surface area contributed by atoms with Gasteiger partial charge in [-0.25, -0.2) is 0 Å². The van der Waals surface area contributed by atoms with Gasteiger partial charge in [0.05, 0.1) is 5.71 Å². The maximum atomic E-state index is 8.70. The van der Waals surface area contributed by atoms with Crippen LogP contribution < -0.4 is 4.74 Å². The van der Waals surface area contributed by atoms with Gasteiger partial charge in [0.15, 0.2) is 0 Å². The molecule has 0 aliphatic rings. The summed E-state index contributed by atoms with van der Waals surface area (Å²) >= 11 is 0. The summed E-state index contributed by atoms with van der Waals surface area (Å²) in [5.41, 5.74) is 1.84. The molecule has 1 aromatic rings. The molecule has 0 fully saturated rings. The zero-order valence-electron chi connectivity index (χ0n) is 9.23. The molecular weight excluding hydrogens is 190 g/mol. The smallest absolute Gasteiger partial charge is 0.130 e. The van der Waals surface area contributed by atoms with Crippen molar-refractivity contribution in [2.45, 2.75) is 26.7 Å². The molecule has 82 valence electrons. The van der Waals surface area contributed by atoms with Crippen molar-refractivity contribution in [1.82, 2.24) is 0 Å². The van der Waals surface area contributed by atoms with Crippen LogP contribution in [0.25, 0.3) is 0 Å². The van der Waals surface area contributed by atoms with E-state index in [1.165, 1.54) is 0 Å². The molecule has 0 aliphatic carbocycles. The van der Waals surface area contributed by atoms with Crippen molar-refractivity contribution in [3.8, 4) is 5.75 Å². The first-order chi connectivity index (χ1) is 7.26. The van der Waals surface area contributed by atoms with Crippen LogP contribution in [0.2, 0.25) is 0 Å². The summed E-state index contributed by atoms with van der Waals surface area (Å²) in [6.45, 7) is 4.41. The quantitative estimate of drug-likeness (QED) is 0.458. The van der Waals surface area contributed by atoms with Crippen LogP contribution in [0.4, 0.5) is 0 Å². The minimum Gasteiger partial charge on any atom is -0.488 e. The van der Waals surface area contributed by atoms with Gasteiger partial charge in [0, 0.05) is 0 Å². The van der Waals surface area contributed by atoms with Gasteiger partial charge in [-0.05, 0) is 31.0 Å². The Labute approximate surface area is 90.4 Å². The molecule has 0 radical (unpaired) electrons. The van der Waals surface area contributed by atoms with Crippen molar-refractivity contribution in [2.75, 3.05) is 6.61 Å². The lowest BCUT2D eigenvalue weighted by molar-refractivity contribution is 0.305. The number of hydrogen-bond donors (Lipinski definition) is 1. The Morgan fingerprint density at radius 3 is 2.87 bits per heavy atom. The van der Waals surface area contributed by atoms with Crippen LogP contribution >= 0.6 is 0 Å². The minimum absolute atomic E-state index is 0.355. The van der Waals surface area contributed by atoms with E-state index in [4.69, 9.17) is 9.94 Å². The molecule has 15 heavy (non-hydrogen) atoms. The predicted molar refractivity (Wildman–Crippen MR) is 60.8 cm³/mol. The van der Waals surface area contributed by atoms with Gasteiger partial charge in [0.1, 0.15) is 12.4 Å². The Kier molecular flexibility index (Phi) is 4.68. The molecule has 0 heterocycles. The van der Waals surface area contributed by atoms with Gasteiger partial charge in [-0.15, -0.1) is 0 Å². The summed E-state index contributed by atoms with van der Waals surface area (Å²) < 4.78 is 5.50. The van der Waals surface area contributed by atoms with Crippen LogP contribution in [0.1, 0.15) is 25.3 Å². The summed E-state index contributed by atoms with van der Waals surface area (Å²) in [5, 5.41) is 11.9. The summed E-state index contributed by atoms with van der Waals surface area (Å²) in [6.07, 6.45) is 1.72. The highest BCUT2D eigenvalue weighted by atomic mass is 16.5. The summed E-state index contributed by atoms with van der Waals surface area (Å²) in [7, 11) is 0. The summed E-state index contributed by atoms with van der Waals surface area (Å²) in [6, 6.07) is 7.81. The van der Waals surface area contributed by atoms with Crippen molar-refractivity contribution in [1.29, 1.82) is 0 Å². The first-order valence-electron chi connectivity index (χ1n) is 5.15. The standard InChI is InChI=1S/C12H17NO2/c1-3-5-11(13-14)9-15-12-7-4-6-10(2)8-12/h4,6-8,14H,3,5,9H2,1-2H3. The van der Waals surface area contributed by atoms with E-state index in [1.807, 2.05) is 38.1 Å². The Hall–Kier alpha value is -1.51. The zero-order chi connectivity index (χ0) is 11.1. The highest BCUT2D eigenvalue weighted by Crippen LogP contribution is 2.12. The Balaban J connectivity index is 2.49. The highest BCUT2D eigenvalue weighted by Gasteiger charge is 2.00. The van der Waals surface area contributed by atoms with Crippen molar-refractivity contribution >= 4 is 5.71 Å². The third kappa shape index (κ3) is 4.02. The summed E-state index contributed by atoms with van der Waals surface area (Å²) in [5.74, 6) is 0.812. The van der Waals surface area contributed by atoms with Gasteiger partial charge in [-0.3, -0.25) is 0 Å². The van der Waals surface area contributed by atoms with E-state index < -0.39 is 0 Å². The number of rotatable bonds is 5. The number of benzene rings is 1. The minimum atomic E-state index is 0.355. The average Bonchev–Trinajstić information content (AvgIpc) is 2.24. The van der Waals surface area contributed by atoms with Gasteiger partial charge in [0.25, 0.3) is 0 Å². The zero-order valence-corrected chi connectivity index (χ0v) is 9.23. The second kappa shape index (κ2) is 6.06. The fourth-order valence-electron chi connectivity index (χ4n) is 1.31. The monoisotopic (exact) mass is 207 g/mol. The van der Waals surface area contributed by atoms with Gasteiger partial charge < -0.3 is 9.94 Å². The normalized spacial score (nSPS) is 11.5. The van der Waals surface area contributed by atoms with E-state index in [0.29, 0.717) is 12.3 Å². The molecule has 0 saturated heterocycles. The fraction of sp³-hybridized carbons (Fsp3) is 0.417. The van der Waals surface area contributed by atoms with E-state index in [-0.39, 0.29) is 0 Å². The SMILES string of the molecule is CCCC(COc1cccc(C)c1)=NO. The van der Waals surface area contributed by atoms with Crippen molar-refractivity contribution in [2.24, 2.45) is 5.16 Å². The maximum absolute atomic E-state index is 8.70. The molecule has 1 aromatic carbocycles. The van der Waals surface area contributed by atoms with Crippen LogP contribution in [0.3, 0.4) is 0 Å². The lowest BCUT2D eigenvalue weighted by Crippen LogP contribution is -2.11. The topological polar surface area (TPSA) is 41.8 Å². The van der Waals surface area contributed by atoms with Crippen LogP contribution in [0, 0.1) is 6.92 Å². The molecular formula is C12H17NO2. The number of nitrogens with zero attached hydrogens (tertiary/aromatic N) is 1. The molecule has 0 unspecified atom stereocenters. The second-order valence-corrected chi connectivity index (χ2v) is 3.52. The van der Waals surface area contributed by atoms with Crippen molar-refractivity contribution in [3.05, 3.63) is 29.8 Å². The fourth-order valence-corrected chi connectivity index (χ4v) is 1.31. The molecule has 0 saturated carbocycles. The molecule has 0 amide bonds. The Bertz CT molecular complexity index is 334. The lowest BCUT2D eigenvalue weighted by Gasteiger charge is -2.07. The van der Waals surface area contributed by atoms with E-state index in [2.05, 4.69) is 5.16 Å². The van der Waals surface area contributed by atoms with Gasteiger partial charge in [0.2, 0.25) is 0 Å². The van der Waals surface area contributed by atoms with Crippen LogP contribution in [0.5, 0.6) is 5.75 Å². The first-order valence-corrected chi connectivity index (χ1v) is 5.15. The number of aryl methyl sites for hydroxylation is 1. The van der Waals surface area contributed by atoms with E-state index in [9.17, 15) is 0 Å². The molecule has 3 heteroatoms. The maximum Gasteiger partial charge on any atom is 0.130 e. The first kappa shape index (κ1) is 11.6. The number of oxime groups is 1. The Morgan fingerprint density at radius 1 is 1.47 bits per heavy atom. The highest BCUT2D eigenvalue weighted by molar-refractivity contribution is 5.85. The average molecular weight is 207 g/mol. The third-order valence-electron chi connectivity index (χ3n) is 2.07. The second-order valence-electron chi connectivity index (χ2n) is 3.52. The molecule has 1 rings (SSSR count). The molecule has 0 spiro atoms. The van der Waals surface area contributed by atoms with Gasteiger partial charge in [-0.1, -0.05) is 30.6 Å². The van der Waals surface area contributed by atoms with Crippen LogP contribution in [-0.4, -0.2) is 17.5 Å². The van der Waals surface area contributed by atoms with Crippen LogP contribution in [-0.2, 0) is 0 Å². The number of ether oxygens (including phenoxy) is 1.